The molecular formula is C70H127NO12Si4. The second-order valence-electron chi connectivity index (χ2n) is 32.2. The Balaban J connectivity index is 1.35. The first-order valence-electron chi connectivity index (χ1n) is 33.9. The molecule has 500 valence electrons. The molecule has 0 aromatic rings. The summed E-state index contributed by atoms with van der Waals surface area (Å²) in [4.78, 5) is 25.4. The van der Waals surface area contributed by atoms with Crippen molar-refractivity contribution in [2.75, 3.05) is 19.8 Å². The normalized spacial score (nSPS) is 30.4. The first-order chi connectivity index (χ1) is 40.0. The number of carbonyl (C=O) groups is 2. The van der Waals surface area contributed by atoms with Gasteiger partial charge in [-0.05, 0) is 160 Å². The molecule has 5 saturated heterocycles. The standard InChI is InChI=1S/C70H127NO12Si4/c1-27-43-74-63(73)71-48-55(10)52(7)45-53(8)58(72)35-31-33-50(5)44-56-38-40-67(20,83-87(28-2,29-3)30-4)70(77-56)42-41-68(82-70)39-32-34-57(76-68)47-69-46-54(9)61(81-86(25,26)66(17,18)19)62(79-69)59(78-69)37-36-51(6)60(80-85(23,24)65(14,15)16)49-75-84(21,22)64(11,12)13/h27,36-37,52,54-57,59-62H,1,5-6,8,28-35,38-49H2,2-4,7,9-26H3,(H,71,73)/b37-36+/t52-,54+,55-,56-,57+,59-,60+,61+,62+,67+,68-,69-,70+/m0/s1. The van der Waals surface area contributed by atoms with Gasteiger partial charge in [-0.2, -0.15) is 0 Å². The Kier molecular flexibility index (Phi) is 25.8. The number of allylic oxidation sites excluding steroid dienone is 1. The number of fused-ring (bicyclic) bond motifs is 2. The second-order valence-corrected chi connectivity index (χ2v) is 51.2. The van der Waals surface area contributed by atoms with Crippen LogP contribution in [0.15, 0.2) is 61.3 Å². The highest BCUT2D eigenvalue weighted by Crippen LogP contribution is 2.58. The predicted molar refractivity (Wildman–Crippen MR) is 366 cm³/mol. The predicted octanol–water partition coefficient (Wildman–Crippen LogP) is 18.4. The first kappa shape index (κ1) is 75.9. The van der Waals surface area contributed by atoms with Gasteiger partial charge in [0.25, 0.3) is 0 Å². The maximum atomic E-state index is 13.4. The van der Waals surface area contributed by atoms with Gasteiger partial charge in [0.2, 0.25) is 0 Å². The third kappa shape index (κ3) is 18.9. The van der Waals surface area contributed by atoms with E-state index in [-0.39, 0.29) is 81.9 Å². The van der Waals surface area contributed by atoms with Crippen LogP contribution in [0.25, 0.3) is 0 Å². The van der Waals surface area contributed by atoms with Crippen molar-refractivity contribution >= 4 is 45.1 Å². The van der Waals surface area contributed by atoms with Gasteiger partial charge >= 0.3 is 6.09 Å². The first-order valence-corrected chi connectivity index (χ1v) is 45.1. The number of ether oxygens (including phenoxy) is 6. The van der Waals surface area contributed by atoms with E-state index in [0.29, 0.717) is 76.5 Å². The SMILES string of the molecule is C=CCOC(=O)NC[C@H](C)[C@@H](C)CC(=C)C(=O)CCCC(=C)C[C@@H]1CC[C@@](C)(O[Si](CC)(CC)CC)[C@]2(CC[C@]3(CCC[C@H](C[C@]45C[C@@H](C)[C@@H](O[Si](C)(C)C(C)(C)C)[C@H](O4)[C@H](/C=C/C(=C)[C@@H](CO[Si](C)(C)C(C)(C)C)O[Si](C)(C)C(C)(C)C)O5)O3)O2)O1. The third-order valence-corrected chi connectivity index (χ3v) is 40.5. The summed E-state index contributed by atoms with van der Waals surface area (Å²) >= 11 is 0. The minimum atomic E-state index is -2.24. The molecule has 0 aliphatic carbocycles. The quantitative estimate of drug-likeness (QED) is 0.0306. The number of carbonyl (C=O) groups excluding carboxylic acids is 2. The number of rotatable bonds is 31. The molecule has 87 heavy (non-hydrogen) atoms. The lowest BCUT2D eigenvalue weighted by Crippen LogP contribution is -2.65. The number of alkyl carbamates (subject to hydrolysis) is 1. The van der Waals surface area contributed by atoms with E-state index in [1.807, 2.05) is 0 Å². The van der Waals surface area contributed by atoms with E-state index in [9.17, 15) is 9.59 Å². The average molecular weight is 1290 g/mol. The van der Waals surface area contributed by atoms with Crippen LogP contribution < -0.4 is 5.32 Å². The maximum Gasteiger partial charge on any atom is 0.407 e. The summed E-state index contributed by atoms with van der Waals surface area (Å²) in [5.41, 5.74) is 1.88. The van der Waals surface area contributed by atoms with Gasteiger partial charge in [0, 0.05) is 45.1 Å². The molecule has 5 heterocycles. The largest absolute Gasteiger partial charge is 0.445 e. The van der Waals surface area contributed by atoms with Crippen LogP contribution in [0.4, 0.5) is 4.79 Å². The lowest BCUT2D eigenvalue weighted by Gasteiger charge is -2.55. The minimum absolute atomic E-state index is 0.00299. The van der Waals surface area contributed by atoms with Crippen molar-refractivity contribution in [1.82, 2.24) is 5.32 Å². The van der Waals surface area contributed by atoms with Gasteiger partial charge in [0.15, 0.2) is 56.4 Å². The van der Waals surface area contributed by atoms with E-state index in [2.05, 4.69) is 187 Å². The van der Waals surface area contributed by atoms with Crippen LogP contribution in [0, 0.1) is 17.8 Å². The lowest BCUT2D eigenvalue weighted by atomic mass is 9.82. The molecule has 0 saturated carbocycles. The average Bonchev–Trinajstić information content (AvgIpc) is 1.71. The number of nitrogens with one attached hydrogen (secondary N) is 1. The molecule has 13 nitrogen and oxygen atoms in total. The van der Waals surface area contributed by atoms with Crippen molar-refractivity contribution in [2.24, 2.45) is 17.8 Å². The molecule has 17 heteroatoms. The number of amides is 1. The molecule has 5 aliphatic heterocycles. The van der Waals surface area contributed by atoms with Crippen molar-refractivity contribution in [2.45, 2.75) is 333 Å². The molecule has 5 aliphatic rings. The number of Topliss-reactive ketones (excluding diaryl/α,β-unsaturated/α-hetero) is 1. The topological polar surface area (TPSA) is 138 Å². The van der Waals surface area contributed by atoms with Crippen molar-refractivity contribution in [3.05, 3.63) is 61.3 Å². The molecule has 0 aromatic heterocycles. The van der Waals surface area contributed by atoms with E-state index in [1.54, 1.807) is 0 Å². The summed E-state index contributed by atoms with van der Waals surface area (Å²) in [6, 6.07) is 3.06. The highest BCUT2D eigenvalue weighted by molar-refractivity contribution is 6.75. The molecule has 5 rings (SSSR count). The van der Waals surface area contributed by atoms with Crippen LogP contribution in [0.1, 0.15) is 201 Å². The Hall–Kier alpha value is -1.85. The maximum absolute atomic E-state index is 13.4. The zero-order valence-corrected chi connectivity index (χ0v) is 63.3. The minimum Gasteiger partial charge on any atom is -0.445 e. The van der Waals surface area contributed by atoms with Crippen LogP contribution in [0.3, 0.4) is 0 Å². The van der Waals surface area contributed by atoms with Gasteiger partial charge in [0.05, 0.1) is 31.0 Å². The fourth-order valence-corrected chi connectivity index (χ4v) is 19.6. The Morgan fingerprint density at radius 3 is 2.00 bits per heavy atom. The summed E-state index contributed by atoms with van der Waals surface area (Å²) < 4.78 is 71.3. The van der Waals surface area contributed by atoms with Gasteiger partial charge in [-0.15, -0.1) is 0 Å². The second kappa shape index (κ2) is 29.6. The zero-order valence-electron chi connectivity index (χ0n) is 59.3. The van der Waals surface area contributed by atoms with Crippen LogP contribution >= 0.6 is 0 Å². The van der Waals surface area contributed by atoms with Crippen molar-refractivity contribution in [1.29, 1.82) is 0 Å². The van der Waals surface area contributed by atoms with Crippen LogP contribution in [0.5, 0.6) is 0 Å². The van der Waals surface area contributed by atoms with Crippen LogP contribution in [0.2, 0.25) is 72.5 Å². The van der Waals surface area contributed by atoms with E-state index in [4.69, 9.17) is 52.7 Å². The highest BCUT2D eigenvalue weighted by atomic mass is 28.4. The number of ketones is 1. The molecule has 2 bridgehead atoms. The molecule has 0 unspecified atom stereocenters. The smallest absolute Gasteiger partial charge is 0.407 e. The van der Waals surface area contributed by atoms with Gasteiger partial charge in [-0.1, -0.05) is 154 Å². The van der Waals surface area contributed by atoms with Crippen LogP contribution in [-0.4, -0.2) is 124 Å². The molecule has 13 atom stereocenters. The van der Waals surface area contributed by atoms with E-state index in [0.717, 1.165) is 61.4 Å². The molecule has 5 fully saturated rings. The van der Waals surface area contributed by atoms with Crippen molar-refractivity contribution in [3.63, 3.8) is 0 Å². The fraction of sp³-hybridized carbons (Fsp3) is 0.829. The van der Waals surface area contributed by atoms with E-state index in [1.165, 1.54) is 6.08 Å². The van der Waals surface area contributed by atoms with Gasteiger partial charge in [0.1, 0.15) is 24.4 Å². The van der Waals surface area contributed by atoms with Gasteiger partial charge in [-0.3, -0.25) is 4.79 Å². The van der Waals surface area contributed by atoms with Gasteiger partial charge in [-0.25, -0.2) is 4.79 Å². The van der Waals surface area contributed by atoms with Gasteiger partial charge < -0.3 is 51.4 Å². The summed E-state index contributed by atoms with van der Waals surface area (Å²) in [5, 5.41) is 2.87. The highest BCUT2D eigenvalue weighted by Gasteiger charge is 2.66. The van der Waals surface area contributed by atoms with Crippen molar-refractivity contribution in [3.8, 4) is 0 Å². The molecule has 0 radical (unpaired) electrons. The number of hydrogen-bond acceptors (Lipinski definition) is 12. The van der Waals surface area contributed by atoms with E-state index < -0.39 is 62.3 Å². The summed E-state index contributed by atoms with van der Waals surface area (Å²) in [6.07, 6.45) is 13.7. The summed E-state index contributed by atoms with van der Waals surface area (Å²) in [5.74, 6) is -2.25. The molecular weight excluding hydrogens is 1160 g/mol. The fourth-order valence-electron chi connectivity index (χ4n) is 12.8. The molecule has 1 N–H and O–H groups in total. The molecule has 2 spiro atoms. The zero-order chi connectivity index (χ0) is 65.6. The van der Waals surface area contributed by atoms with E-state index >= 15 is 0 Å². The monoisotopic (exact) mass is 1290 g/mol. The lowest BCUT2D eigenvalue weighted by molar-refractivity contribution is -0.400. The Morgan fingerprint density at radius 1 is 0.770 bits per heavy atom. The Bertz CT molecular complexity index is 2380. The summed E-state index contributed by atoms with van der Waals surface area (Å²) in [6.45, 7) is 68.1. The molecule has 0 aromatic carbocycles. The molecule has 1 amide bonds. The third-order valence-electron chi connectivity index (χ3n) is 22.3. The summed E-state index contributed by atoms with van der Waals surface area (Å²) in [7, 11) is -8.74. The van der Waals surface area contributed by atoms with Crippen molar-refractivity contribution < 1.29 is 55.7 Å². The van der Waals surface area contributed by atoms with Crippen LogP contribution in [-0.2, 0) is 50.9 Å². The Labute approximate surface area is 534 Å². The number of hydrogen-bond donors (Lipinski definition) is 1. The Morgan fingerprint density at radius 2 is 1.40 bits per heavy atom.